The third-order valence-electron chi connectivity index (χ3n) is 2.68. The molecule has 0 radical (unpaired) electrons. The van der Waals surface area contributed by atoms with E-state index in [0.29, 0.717) is 11.4 Å². The number of aromatic nitrogens is 3. The zero-order valence-corrected chi connectivity index (χ0v) is 11.1. The molecule has 100 valence electrons. The van der Waals surface area contributed by atoms with Crippen molar-refractivity contribution < 1.29 is 9.53 Å². The van der Waals surface area contributed by atoms with Crippen LogP contribution >= 0.6 is 0 Å². The molecule has 0 aliphatic carbocycles. The molecule has 6 heteroatoms. The number of hydrogen-bond acceptors (Lipinski definition) is 4. The highest BCUT2D eigenvalue weighted by Gasteiger charge is 2.11. The molecule has 1 heterocycles. The van der Waals surface area contributed by atoms with Gasteiger partial charge in [-0.05, 0) is 12.1 Å². The van der Waals surface area contributed by atoms with Crippen LogP contribution in [0, 0.1) is 5.92 Å². The van der Waals surface area contributed by atoms with Crippen molar-refractivity contribution in [1.82, 2.24) is 14.8 Å². The Hall–Kier alpha value is -2.37. The minimum absolute atomic E-state index is 0.0460. The molecule has 1 aromatic heterocycles. The Bertz CT molecular complexity index is 564. The summed E-state index contributed by atoms with van der Waals surface area (Å²) in [6.07, 6.45) is 3.20. The maximum Gasteiger partial charge on any atom is 0.227 e. The van der Waals surface area contributed by atoms with E-state index in [0.717, 1.165) is 5.69 Å². The van der Waals surface area contributed by atoms with Gasteiger partial charge in [0.25, 0.3) is 0 Å². The van der Waals surface area contributed by atoms with Crippen LogP contribution in [0.4, 0.5) is 5.69 Å². The number of nitrogens with one attached hydrogen (secondary N) is 1. The fourth-order valence-corrected chi connectivity index (χ4v) is 1.55. The van der Waals surface area contributed by atoms with Gasteiger partial charge < -0.3 is 10.1 Å². The molecule has 0 saturated heterocycles. The summed E-state index contributed by atoms with van der Waals surface area (Å²) in [6.45, 7) is 3.68. The van der Waals surface area contributed by atoms with Gasteiger partial charge in [0.2, 0.25) is 5.91 Å². The predicted octanol–water partition coefficient (Wildman–Crippen LogP) is 1.87. The minimum atomic E-state index is -0.0813. The van der Waals surface area contributed by atoms with E-state index in [9.17, 15) is 4.79 Å². The topological polar surface area (TPSA) is 69.0 Å². The first-order valence-corrected chi connectivity index (χ1v) is 5.95. The van der Waals surface area contributed by atoms with Crippen molar-refractivity contribution in [3.8, 4) is 11.4 Å². The summed E-state index contributed by atoms with van der Waals surface area (Å²) in [4.78, 5) is 11.7. The SMILES string of the molecule is COc1cc(-n2cnnc2)ccc1NC(=O)C(C)C. The van der Waals surface area contributed by atoms with E-state index >= 15 is 0 Å². The normalized spacial score (nSPS) is 10.5. The van der Waals surface area contributed by atoms with Gasteiger partial charge in [0.1, 0.15) is 18.4 Å². The molecule has 0 bridgehead atoms. The molecule has 0 unspecified atom stereocenters. The fraction of sp³-hybridized carbons (Fsp3) is 0.308. The van der Waals surface area contributed by atoms with Gasteiger partial charge in [-0.3, -0.25) is 9.36 Å². The molecule has 0 saturated carbocycles. The number of carbonyl (C=O) groups is 1. The van der Waals surface area contributed by atoms with E-state index in [2.05, 4.69) is 15.5 Å². The molecule has 0 spiro atoms. The molecule has 6 nitrogen and oxygen atoms in total. The Kier molecular flexibility index (Phi) is 3.79. The van der Waals surface area contributed by atoms with E-state index < -0.39 is 0 Å². The maximum atomic E-state index is 11.7. The largest absolute Gasteiger partial charge is 0.494 e. The van der Waals surface area contributed by atoms with E-state index in [4.69, 9.17) is 4.74 Å². The van der Waals surface area contributed by atoms with Crippen LogP contribution in [-0.2, 0) is 4.79 Å². The molecule has 0 atom stereocenters. The van der Waals surface area contributed by atoms with Crippen molar-refractivity contribution in [3.63, 3.8) is 0 Å². The van der Waals surface area contributed by atoms with Gasteiger partial charge in [-0.25, -0.2) is 0 Å². The highest BCUT2D eigenvalue weighted by atomic mass is 16.5. The van der Waals surface area contributed by atoms with E-state index in [1.54, 1.807) is 30.4 Å². The average Bonchev–Trinajstić information content (AvgIpc) is 2.93. The number of hydrogen-bond donors (Lipinski definition) is 1. The van der Waals surface area contributed by atoms with Crippen LogP contribution in [0.5, 0.6) is 5.75 Å². The summed E-state index contributed by atoms with van der Waals surface area (Å²) >= 11 is 0. The lowest BCUT2D eigenvalue weighted by Crippen LogP contribution is -2.18. The smallest absolute Gasteiger partial charge is 0.227 e. The summed E-state index contributed by atoms with van der Waals surface area (Å²) in [5, 5.41) is 10.3. The molecule has 1 aromatic carbocycles. The second-order valence-corrected chi connectivity index (χ2v) is 4.40. The average molecular weight is 260 g/mol. The number of benzene rings is 1. The monoisotopic (exact) mass is 260 g/mol. The fourth-order valence-electron chi connectivity index (χ4n) is 1.55. The van der Waals surface area contributed by atoms with E-state index in [-0.39, 0.29) is 11.8 Å². The van der Waals surface area contributed by atoms with Gasteiger partial charge in [-0.2, -0.15) is 0 Å². The Balaban J connectivity index is 2.29. The van der Waals surface area contributed by atoms with Crippen LogP contribution in [0.2, 0.25) is 0 Å². The van der Waals surface area contributed by atoms with Crippen LogP contribution in [0.1, 0.15) is 13.8 Å². The van der Waals surface area contributed by atoms with Crippen molar-refractivity contribution in [2.75, 3.05) is 12.4 Å². The van der Waals surface area contributed by atoms with Crippen LogP contribution < -0.4 is 10.1 Å². The van der Waals surface area contributed by atoms with Crippen molar-refractivity contribution in [2.45, 2.75) is 13.8 Å². The first-order chi connectivity index (χ1) is 9.11. The van der Waals surface area contributed by atoms with Crippen molar-refractivity contribution in [2.24, 2.45) is 5.92 Å². The molecule has 2 rings (SSSR count). The van der Waals surface area contributed by atoms with Crippen molar-refractivity contribution in [3.05, 3.63) is 30.9 Å². The molecule has 0 fully saturated rings. The molecular formula is C13H16N4O2. The van der Waals surface area contributed by atoms with Gasteiger partial charge in [0.15, 0.2) is 0 Å². The van der Waals surface area contributed by atoms with Crippen LogP contribution in [0.25, 0.3) is 5.69 Å². The minimum Gasteiger partial charge on any atom is -0.494 e. The Morgan fingerprint density at radius 2 is 2.00 bits per heavy atom. The molecular weight excluding hydrogens is 244 g/mol. The third kappa shape index (κ3) is 2.90. The molecule has 2 aromatic rings. The standard InChI is InChI=1S/C13H16N4O2/c1-9(2)13(18)16-11-5-4-10(6-12(11)19-3)17-7-14-15-8-17/h4-9H,1-3H3,(H,16,18). The number of carbonyl (C=O) groups excluding carboxylic acids is 1. The summed E-state index contributed by atoms with van der Waals surface area (Å²) in [6, 6.07) is 5.48. The Morgan fingerprint density at radius 1 is 1.32 bits per heavy atom. The Labute approximate surface area is 111 Å². The lowest BCUT2D eigenvalue weighted by molar-refractivity contribution is -0.118. The number of methoxy groups -OCH3 is 1. The summed E-state index contributed by atoms with van der Waals surface area (Å²) in [5.74, 6) is 0.470. The number of amides is 1. The summed E-state index contributed by atoms with van der Waals surface area (Å²) in [5.41, 5.74) is 1.52. The van der Waals surface area contributed by atoms with Crippen LogP contribution in [0.3, 0.4) is 0 Å². The number of anilines is 1. The quantitative estimate of drug-likeness (QED) is 0.911. The third-order valence-corrected chi connectivity index (χ3v) is 2.68. The molecule has 1 amide bonds. The Morgan fingerprint density at radius 3 is 2.58 bits per heavy atom. The van der Waals surface area contributed by atoms with Crippen LogP contribution in [0.15, 0.2) is 30.9 Å². The second kappa shape index (κ2) is 5.51. The van der Waals surface area contributed by atoms with Gasteiger partial charge in [0, 0.05) is 12.0 Å². The first-order valence-electron chi connectivity index (χ1n) is 5.95. The number of ether oxygens (including phenoxy) is 1. The first kappa shape index (κ1) is 13.1. The van der Waals surface area contributed by atoms with Crippen molar-refractivity contribution >= 4 is 11.6 Å². The van der Waals surface area contributed by atoms with Gasteiger partial charge >= 0.3 is 0 Å². The van der Waals surface area contributed by atoms with E-state index in [1.807, 2.05) is 26.0 Å². The maximum absolute atomic E-state index is 11.7. The highest BCUT2D eigenvalue weighted by molar-refractivity contribution is 5.93. The van der Waals surface area contributed by atoms with Gasteiger partial charge in [-0.1, -0.05) is 13.8 Å². The van der Waals surface area contributed by atoms with Gasteiger partial charge in [-0.15, -0.1) is 10.2 Å². The van der Waals surface area contributed by atoms with Crippen LogP contribution in [-0.4, -0.2) is 27.8 Å². The zero-order chi connectivity index (χ0) is 13.8. The molecule has 1 N–H and O–H groups in total. The lowest BCUT2D eigenvalue weighted by Gasteiger charge is -2.13. The summed E-state index contributed by atoms with van der Waals surface area (Å²) < 4.78 is 7.06. The van der Waals surface area contributed by atoms with Crippen molar-refractivity contribution in [1.29, 1.82) is 0 Å². The van der Waals surface area contributed by atoms with Gasteiger partial charge in [0.05, 0.1) is 18.5 Å². The predicted molar refractivity (Wildman–Crippen MR) is 71.4 cm³/mol. The molecule has 0 aliphatic rings. The zero-order valence-electron chi connectivity index (χ0n) is 11.1. The number of nitrogens with zero attached hydrogens (tertiary/aromatic N) is 3. The summed E-state index contributed by atoms with van der Waals surface area (Å²) in [7, 11) is 1.57. The molecule has 0 aliphatic heterocycles. The second-order valence-electron chi connectivity index (χ2n) is 4.40. The number of rotatable bonds is 4. The van der Waals surface area contributed by atoms with E-state index in [1.165, 1.54) is 0 Å². The molecule has 19 heavy (non-hydrogen) atoms. The lowest BCUT2D eigenvalue weighted by atomic mass is 10.2. The highest BCUT2D eigenvalue weighted by Crippen LogP contribution is 2.27.